The standard InChI is InChI=1S/C16H15N5O3S/c1-19-12-7-3-4-8-13(12)21(10-15(19)22)25(23,24)14-9-5-6-11-16(14)18-20(2)17-11/h3-9H,10H2,1-2H3. The van der Waals surface area contributed by atoms with Crippen molar-refractivity contribution >= 4 is 38.3 Å². The number of carbonyl (C=O) groups excluding carboxylic acids is 1. The van der Waals surface area contributed by atoms with E-state index < -0.39 is 10.0 Å². The van der Waals surface area contributed by atoms with Crippen LogP contribution in [0.4, 0.5) is 11.4 Å². The van der Waals surface area contributed by atoms with Gasteiger partial charge in [-0.3, -0.25) is 9.10 Å². The van der Waals surface area contributed by atoms with Crippen molar-refractivity contribution in [2.24, 2.45) is 7.05 Å². The molecule has 1 aliphatic heterocycles. The minimum Gasteiger partial charge on any atom is -0.312 e. The number of carbonyl (C=O) groups is 1. The molecule has 3 aromatic rings. The molecule has 25 heavy (non-hydrogen) atoms. The van der Waals surface area contributed by atoms with Gasteiger partial charge in [0.05, 0.1) is 11.4 Å². The summed E-state index contributed by atoms with van der Waals surface area (Å²) in [6, 6.07) is 11.7. The maximum Gasteiger partial charge on any atom is 0.267 e. The Morgan fingerprint density at radius 3 is 2.44 bits per heavy atom. The van der Waals surface area contributed by atoms with E-state index in [1.807, 2.05) is 0 Å². The Balaban J connectivity index is 1.94. The van der Waals surface area contributed by atoms with Crippen LogP contribution in [0.5, 0.6) is 0 Å². The number of fused-ring (bicyclic) bond motifs is 2. The van der Waals surface area contributed by atoms with Crippen LogP contribution >= 0.6 is 0 Å². The molecule has 2 heterocycles. The molecule has 0 unspecified atom stereocenters. The number of amides is 1. The van der Waals surface area contributed by atoms with Gasteiger partial charge in [-0.05, 0) is 24.3 Å². The minimum absolute atomic E-state index is 0.0326. The lowest BCUT2D eigenvalue weighted by Gasteiger charge is -2.34. The summed E-state index contributed by atoms with van der Waals surface area (Å²) in [5, 5.41) is 8.32. The van der Waals surface area contributed by atoms with Crippen molar-refractivity contribution in [1.82, 2.24) is 15.0 Å². The van der Waals surface area contributed by atoms with Crippen LogP contribution in [-0.2, 0) is 21.9 Å². The summed E-state index contributed by atoms with van der Waals surface area (Å²) in [4.78, 5) is 15.1. The molecule has 1 aliphatic rings. The van der Waals surface area contributed by atoms with Crippen LogP contribution in [0.1, 0.15) is 0 Å². The van der Waals surface area contributed by atoms with E-state index in [9.17, 15) is 13.2 Å². The largest absolute Gasteiger partial charge is 0.312 e. The summed E-state index contributed by atoms with van der Waals surface area (Å²) in [5.41, 5.74) is 1.78. The molecular weight excluding hydrogens is 342 g/mol. The number of hydrogen-bond donors (Lipinski definition) is 0. The number of aromatic nitrogens is 3. The Labute approximate surface area is 144 Å². The quantitative estimate of drug-likeness (QED) is 0.686. The highest BCUT2D eigenvalue weighted by atomic mass is 32.2. The lowest BCUT2D eigenvalue weighted by molar-refractivity contribution is -0.117. The smallest absolute Gasteiger partial charge is 0.267 e. The second kappa shape index (κ2) is 5.28. The Bertz CT molecular complexity index is 1110. The molecule has 2 aromatic carbocycles. The van der Waals surface area contributed by atoms with Crippen molar-refractivity contribution in [3.8, 4) is 0 Å². The fourth-order valence-corrected chi connectivity index (χ4v) is 4.53. The van der Waals surface area contributed by atoms with E-state index in [1.54, 1.807) is 50.5 Å². The number of hydrogen-bond acceptors (Lipinski definition) is 5. The van der Waals surface area contributed by atoms with Gasteiger partial charge >= 0.3 is 0 Å². The summed E-state index contributed by atoms with van der Waals surface area (Å²) < 4.78 is 27.7. The molecule has 0 spiro atoms. The number of benzene rings is 2. The number of rotatable bonds is 2. The van der Waals surface area contributed by atoms with E-state index in [1.165, 1.54) is 15.8 Å². The van der Waals surface area contributed by atoms with Crippen LogP contribution in [0.25, 0.3) is 11.0 Å². The number of para-hydroxylation sites is 2. The number of aryl methyl sites for hydroxylation is 1. The maximum absolute atomic E-state index is 13.3. The van der Waals surface area contributed by atoms with Crippen molar-refractivity contribution in [2.45, 2.75) is 4.90 Å². The topological polar surface area (TPSA) is 88.4 Å². The van der Waals surface area contributed by atoms with Crippen molar-refractivity contribution in [3.05, 3.63) is 42.5 Å². The third kappa shape index (κ3) is 2.27. The van der Waals surface area contributed by atoms with Crippen molar-refractivity contribution < 1.29 is 13.2 Å². The van der Waals surface area contributed by atoms with Crippen LogP contribution in [0.2, 0.25) is 0 Å². The molecule has 128 valence electrons. The molecule has 1 aromatic heterocycles. The summed E-state index contributed by atoms with van der Waals surface area (Å²) in [6.45, 7) is -0.257. The molecule has 4 rings (SSSR count). The SMILES string of the molecule is CN1C(=O)CN(S(=O)(=O)c2cccc3nn(C)nc23)c2ccccc21. The zero-order valence-corrected chi connectivity index (χ0v) is 14.4. The van der Waals surface area contributed by atoms with Gasteiger partial charge in [-0.1, -0.05) is 18.2 Å². The van der Waals surface area contributed by atoms with Crippen LogP contribution in [0, 0.1) is 0 Å². The molecule has 0 bridgehead atoms. The number of nitrogens with zero attached hydrogens (tertiary/aromatic N) is 5. The second-order valence-corrected chi connectivity index (χ2v) is 7.60. The molecule has 0 fully saturated rings. The second-order valence-electron chi connectivity index (χ2n) is 5.77. The normalized spacial score (nSPS) is 14.9. The molecule has 0 N–H and O–H groups in total. The molecule has 0 saturated heterocycles. The van der Waals surface area contributed by atoms with E-state index >= 15 is 0 Å². The number of likely N-dealkylation sites (N-methyl/N-ethyl adjacent to an activating group) is 1. The zero-order valence-electron chi connectivity index (χ0n) is 13.6. The number of sulfonamides is 1. The fourth-order valence-electron chi connectivity index (χ4n) is 2.96. The Hall–Kier alpha value is -2.94. The van der Waals surface area contributed by atoms with Crippen LogP contribution < -0.4 is 9.21 Å². The average molecular weight is 357 g/mol. The maximum atomic E-state index is 13.3. The summed E-state index contributed by atoms with van der Waals surface area (Å²) in [5.74, 6) is -0.298. The molecule has 9 heteroatoms. The van der Waals surface area contributed by atoms with Gasteiger partial charge in [-0.25, -0.2) is 8.42 Å². The molecule has 0 atom stereocenters. The van der Waals surface area contributed by atoms with Gasteiger partial charge in [0.25, 0.3) is 10.0 Å². The third-order valence-electron chi connectivity index (χ3n) is 4.21. The minimum atomic E-state index is -3.98. The molecule has 8 nitrogen and oxygen atoms in total. The monoisotopic (exact) mass is 357 g/mol. The first kappa shape index (κ1) is 15.6. The van der Waals surface area contributed by atoms with Gasteiger partial charge in [-0.2, -0.15) is 15.0 Å². The van der Waals surface area contributed by atoms with E-state index in [-0.39, 0.29) is 22.9 Å². The number of anilines is 2. The van der Waals surface area contributed by atoms with Gasteiger partial charge in [-0.15, -0.1) is 0 Å². The van der Waals surface area contributed by atoms with E-state index in [0.717, 1.165) is 4.31 Å². The van der Waals surface area contributed by atoms with Crippen LogP contribution in [0.15, 0.2) is 47.4 Å². The summed E-state index contributed by atoms with van der Waals surface area (Å²) >= 11 is 0. The van der Waals surface area contributed by atoms with Gasteiger partial charge in [0, 0.05) is 14.1 Å². The molecular formula is C16H15N5O3S. The predicted octanol–water partition coefficient (Wildman–Crippen LogP) is 1.14. The summed E-state index contributed by atoms with van der Waals surface area (Å²) in [6.07, 6.45) is 0. The van der Waals surface area contributed by atoms with Crippen LogP contribution in [-0.4, -0.2) is 42.9 Å². The first-order chi connectivity index (χ1) is 11.9. The van der Waals surface area contributed by atoms with Crippen molar-refractivity contribution in [2.75, 3.05) is 22.8 Å². The zero-order chi connectivity index (χ0) is 17.8. The molecule has 1 amide bonds. The first-order valence-corrected chi connectivity index (χ1v) is 9.02. The third-order valence-corrected chi connectivity index (χ3v) is 6.00. The highest BCUT2D eigenvalue weighted by molar-refractivity contribution is 7.93. The van der Waals surface area contributed by atoms with Gasteiger partial charge in [0.15, 0.2) is 0 Å². The van der Waals surface area contributed by atoms with Gasteiger partial charge < -0.3 is 4.90 Å². The molecule has 0 radical (unpaired) electrons. The van der Waals surface area contributed by atoms with E-state index in [0.29, 0.717) is 16.9 Å². The van der Waals surface area contributed by atoms with Gasteiger partial charge in [0.1, 0.15) is 22.5 Å². The van der Waals surface area contributed by atoms with Crippen molar-refractivity contribution in [3.63, 3.8) is 0 Å². The highest BCUT2D eigenvalue weighted by Gasteiger charge is 2.36. The Morgan fingerprint density at radius 1 is 0.960 bits per heavy atom. The van der Waals surface area contributed by atoms with Gasteiger partial charge in [0.2, 0.25) is 5.91 Å². The predicted molar refractivity (Wildman–Crippen MR) is 92.9 cm³/mol. The van der Waals surface area contributed by atoms with Crippen molar-refractivity contribution in [1.29, 1.82) is 0 Å². The highest BCUT2D eigenvalue weighted by Crippen LogP contribution is 2.36. The van der Waals surface area contributed by atoms with E-state index in [2.05, 4.69) is 10.2 Å². The average Bonchev–Trinajstić information content (AvgIpc) is 2.97. The van der Waals surface area contributed by atoms with Crippen LogP contribution in [0.3, 0.4) is 0 Å². The Kier molecular flexibility index (Phi) is 3.29. The first-order valence-electron chi connectivity index (χ1n) is 7.58. The molecule has 0 aliphatic carbocycles. The lowest BCUT2D eigenvalue weighted by atomic mass is 10.2. The molecule has 0 saturated carbocycles. The van der Waals surface area contributed by atoms with E-state index in [4.69, 9.17) is 0 Å². The summed E-state index contributed by atoms with van der Waals surface area (Å²) in [7, 11) is -0.712. The lowest BCUT2D eigenvalue weighted by Crippen LogP contribution is -2.46. The fraction of sp³-hybridized carbons (Fsp3) is 0.188. The Morgan fingerprint density at radius 2 is 1.68 bits per heavy atom.